The molecular weight excluding hydrogens is 260 g/mol. The predicted octanol–water partition coefficient (Wildman–Crippen LogP) is 1.54. The zero-order valence-electron chi connectivity index (χ0n) is 10.7. The first-order valence-corrected chi connectivity index (χ1v) is 6.96. The van der Waals surface area contributed by atoms with Crippen LogP contribution < -0.4 is 11.1 Å². The summed E-state index contributed by atoms with van der Waals surface area (Å²) in [6, 6.07) is 3.93. The molecule has 2 rings (SSSR count). The van der Waals surface area contributed by atoms with E-state index in [-0.39, 0.29) is 12.3 Å². The number of thiazole rings is 1. The molecule has 0 aliphatic carbocycles. The van der Waals surface area contributed by atoms with Gasteiger partial charge in [-0.25, -0.2) is 4.98 Å². The lowest BCUT2D eigenvalue weighted by Gasteiger charge is -2.07. The Hall–Kier alpha value is -1.95. The molecule has 0 spiro atoms. The zero-order chi connectivity index (χ0) is 13.7. The van der Waals surface area contributed by atoms with Gasteiger partial charge >= 0.3 is 0 Å². The van der Waals surface area contributed by atoms with E-state index < -0.39 is 0 Å². The minimum atomic E-state index is -0.0713. The number of carbonyl (C=O) groups excluding carboxylic acids is 1. The molecule has 0 bridgehead atoms. The van der Waals surface area contributed by atoms with Gasteiger partial charge in [0.1, 0.15) is 0 Å². The number of pyridine rings is 1. The van der Waals surface area contributed by atoms with Gasteiger partial charge in [0.25, 0.3) is 0 Å². The van der Waals surface area contributed by atoms with Crippen LogP contribution in [0.15, 0.2) is 23.7 Å². The fourth-order valence-electron chi connectivity index (χ4n) is 1.77. The van der Waals surface area contributed by atoms with Gasteiger partial charge < -0.3 is 11.1 Å². The summed E-state index contributed by atoms with van der Waals surface area (Å²) in [6.45, 7) is 2.52. The highest BCUT2D eigenvalue weighted by atomic mass is 32.1. The number of aromatic nitrogens is 2. The number of carbonyl (C=O) groups is 1. The van der Waals surface area contributed by atoms with Crippen molar-refractivity contribution in [1.82, 2.24) is 15.3 Å². The number of nitrogens with one attached hydrogen (secondary N) is 1. The lowest BCUT2D eigenvalue weighted by molar-refractivity contribution is -0.120. The van der Waals surface area contributed by atoms with Crippen molar-refractivity contribution in [3.05, 3.63) is 40.7 Å². The molecule has 100 valence electrons. The molecule has 0 atom stereocenters. The summed E-state index contributed by atoms with van der Waals surface area (Å²) in [5, 5.41) is 5.14. The zero-order valence-corrected chi connectivity index (χ0v) is 11.5. The first kappa shape index (κ1) is 13.5. The Bertz CT molecular complexity index is 567. The van der Waals surface area contributed by atoms with E-state index >= 15 is 0 Å². The number of amides is 1. The quantitative estimate of drug-likeness (QED) is 0.868. The van der Waals surface area contributed by atoms with Crippen molar-refractivity contribution >= 4 is 22.4 Å². The molecule has 2 heterocycles. The number of nitrogen functional groups attached to an aromatic ring is 1. The van der Waals surface area contributed by atoms with E-state index in [1.807, 2.05) is 12.1 Å². The van der Waals surface area contributed by atoms with E-state index in [4.69, 9.17) is 5.73 Å². The third-order valence-electron chi connectivity index (χ3n) is 2.73. The first-order chi connectivity index (χ1) is 9.19. The molecule has 0 radical (unpaired) electrons. The highest BCUT2D eigenvalue weighted by Gasteiger charge is 2.08. The first-order valence-electron chi connectivity index (χ1n) is 6.08. The maximum atomic E-state index is 11.8. The van der Waals surface area contributed by atoms with Gasteiger partial charge in [-0.3, -0.25) is 9.78 Å². The molecule has 0 saturated carbocycles. The van der Waals surface area contributed by atoms with Crippen LogP contribution in [0, 0.1) is 0 Å². The van der Waals surface area contributed by atoms with Crippen LogP contribution in [0.4, 0.5) is 5.13 Å². The summed E-state index contributed by atoms with van der Waals surface area (Å²) in [4.78, 5) is 20.1. The maximum absolute atomic E-state index is 11.8. The van der Waals surface area contributed by atoms with Gasteiger partial charge in [-0.2, -0.15) is 0 Å². The average molecular weight is 276 g/mol. The van der Waals surface area contributed by atoms with E-state index in [9.17, 15) is 4.79 Å². The topological polar surface area (TPSA) is 80.9 Å². The molecule has 0 unspecified atom stereocenters. The number of aryl methyl sites for hydroxylation is 1. The second kappa shape index (κ2) is 6.29. The van der Waals surface area contributed by atoms with Crippen molar-refractivity contribution in [2.24, 2.45) is 0 Å². The van der Waals surface area contributed by atoms with E-state index in [1.54, 1.807) is 11.6 Å². The molecule has 2 aromatic rings. The summed E-state index contributed by atoms with van der Waals surface area (Å²) in [5.74, 6) is -0.0713. The molecule has 1 amide bonds. The lowest BCUT2D eigenvalue weighted by atomic mass is 10.1. The number of rotatable bonds is 5. The van der Waals surface area contributed by atoms with Gasteiger partial charge in [0.05, 0.1) is 24.4 Å². The van der Waals surface area contributed by atoms with Crippen LogP contribution in [-0.4, -0.2) is 15.9 Å². The SMILES string of the molecule is CCc1cccnc1CNC(=O)Cc1csc(N)n1. The van der Waals surface area contributed by atoms with Crippen LogP contribution >= 0.6 is 11.3 Å². The molecule has 19 heavy (non-hydrogen) atoms. The highest BCUT2D eigenvalue weighted by Crippen LogP contribution is 2.11. The minimum Gasteiger partial charge on any atom is -0.375 e. The van der Waals surface area contributed by atoms with Crippen molar-refractivity contribution in [2.45, 2.75) is 26.3 Å². The third kappa shape index (κ3) is 3.75. The van der Waals surface area contributed by atoms with Gasteiger partial charge in [-0.1, -0.05) is 13.0 Å². The Morgan fingerprint density at radius 3 is 3.05 bits per heavy atom. The number of hydrogen-bond acceptors (Lipinski definition) is 5. The summed E-state index contributed by atoms with van der Waals surface area (Å²) in [5.41, 5.74) is 8.29. The normalized spacial score (nSPS) is 10.4. The number of nitrogens with two attached hydrogens (primary N) is 1. The summed E-state index contributed by atoms with van der Waals surface area (Å²) < 4.78 is 0. The third-order valence-corrected chi connectivity index (χ3v) is 3.45. The van der Waals surface area contributed by atoms with Crippen LogP contribution in [0.2, 0.25) is 0 Å². The number of nitrogens with zero attached hydrogens (tertiary/aromatic N) is 2. The largest absolute Gasteiger partial charge is 0.375 e. The van der Waals surface area contributed by atoms with Gasteiger partial charge in [0, 0.05) is 11.6 Å². The minimum absolute atomic E-state index is 0.0713. The molecule has 3 N–H and O–H groups in total. The molecule has 0 aliphatic heterocycles. The predicted molar refractivity (Wildman–Crippen MR) is 75.7 cm³/mol. The van der Waals surface area contributed by atoms with E-state index in [2.05, 4.69) is 22.2 Å². The number of hydrogen-bond donors (Lipinski definition) is 2. The van der Waals surface area contributed by atoms with Crippen LogP contribution in [0.1, 0.15) is 23.9 Å². The van der Waals surface area contributed by atoms with E-state index in [0.717, 1.165) is 17.7 Å². The van der Waals surface area contributed by atoms with Crippen LogP contribution in [0.3, 0.4) is 0 Å². The Kier molecular flexibility index (Phi) is 4.46. The summed E-state index contributed by atoms with van der Waals surface area (Å²) in [6.07, 6.45) is 2.89. The molecule has 0 aliphatic rings. The van der Waals surface area contributed by atoms with Crippen molar-refractivity contribution in [1.29, 1.82) is 0 Å². The van der Waals surface area contributed by atoms with Gasteiger partial charge in [0.15, 0.2) is 5.13 Å². The fourth-order valence-corrected chi connectivity index (χ4v) is 2.33. The Morgan fingerprint density at radius 2 is 2.37 bits per heavy atom. The highest BCUT2D eigenvalue weighted by molar-refractivity contribution is 7.13. The molecule has 2 aromatic heterocycles. The molecule has 0 aromatic carbocycles. The fraction of sp³-hybridized carbons (Fsp3) is 0.308. The van der Waals surface area contributed by atoms with Crippen LogP contribution in [-0.2, 0) is 24.2 Å². The smallest absolute Gasteiger partial charge is 0.226 e. The maximum Gasteiger partial charge on any atom is 0.226 e. The van der Waals surface area contributed by atoms with Gasteiger partial charge in [-0.15, -0.1) is 11.3 Å². The monoisotopic (exact) mass is 276 g/mol. The lowest BCUT2D eigenvalue weighted by Crippen LogP contribution is -2.25. The Balaban J connectivity index is 1.89. The van der Waals surface area contributed by atoms with Gasteiger partial charge in [0.2, 0.25) is 5.91 Å². The Labute approximate surface area is 115 Å². The molecule has 6 heteroatoms. The summed E-state index contributed by atoms with van der Waals surface area (Å²) >= 11 is 1.34. The molecular formula is C13H16N4OS. The van der Waals surface area contributed by atoms with E-state index in [1.165, 1.54) is 11.3 Å². The second-order valence-corrected chi connectivity index (χ2v) is 4.98. The van der Waals surface area contributed by atoms with Gasteiger partial charge in [-0.05, 0) is 18.1 Å². The second-order valence-electron chi connectivity index (χ2n) is 4.09. The van der Waals surface area contributed by atoms with Crippen molar-refractivity contribution in [3.8, 4) is 0 Å². The van der Waals surface area contributed by atoms with Crippen molar-refractivity contribution in [3.63, 3.8) is 0 Å². The standard InChI is InChI=1S/C13H16N4OS/c1-2-9-4-3-5-15-11(9)7-16-12(18)6-10-8-19-13(14)17-10/h3-5,8H,2,6-7H2,1H3,(H2,14,17)(H,16,18). The van der Waals surface area contributed by atoms with Crippen LogP contribution in [0.5, 0.6) is 0 Å². The van der Waals surface area contributed by atoms with Crippen molar-refractivity contribution in [2.75, 3.05) is 5.73 Å². The molecule has 0 saturated heterocycles. The summed E-state index contributed by atoms with van der Waals surface area (Å²) in [7, 11) is 0. The molecule has 5 nitrogen and oxygen atoms in total. The average Bonchev–Trinajstić information content (AvgIpc) is 2.82. The van der Waals surface area contributed by atoms with Crippen LogP contribution in [0.25, 0.3) is 0 Å². The van der Waals surface area contributed by atoms with E-state index in [0.29, 0.717) is 17.4 Å². The Morgan fingerprint density at radius 1 is 1.53 bits per heavy atom. The number of anilines is 1. The molecule has 0 fully saturated rings. The van der Waals surface area contributed by atoms with Crippen molar-refractivity contribution < 1.29 is 4.79 Å².